The molecule has 6 heteroatoms. The number of halogens is 4. The van der Waals surface area contributed by atoms with Crippen molar-refractivity contribution in [2.24, 2.45) is 11.7 Å². The average Bonchev–Trinajstić information content (AvgIpc) is 2.68. The van der Waals surface area contributed by atoms with E-state index in [2.05, 4.69) is 15.9 Å². The summed E-state index contributed by atoms with van der Waals surface area (Å²) in [5, 5.41) is 0. The second-order valence-corrected chi connectivity index (χ2v) is 5.91. The van der Waals surface area contributed by atoms with Crippen LogP contribution >= 0.6 is 15.9 Å². The lowest BCUT2D eigenvalue weighted by molar-refractivity contribution is -0.137. The van der Waals surface area contributed by atoms with E-state index in [4.69, 9.17) is 5.73 Å². The maximum absolute atomic E-state index is 13.1. The number of hydrogen-bond donors (Lipinski definition) is 1. The van der Waals surface area contributed by atoms with Gasteiger partial charge in [0.25, 0.3) is 0 Å². The molecular weight excluding hydrogens is 321 g/mol. The van der Waals surface area contributed by atoms with Crippen LogP contribution in [0.4, 0.5) is 18.9 Å². The first kappa shape index (κ1) is 14.7. The lowest BCUT2D eigenvalue weighted by Crippen LogP contribution is -2.29. The summed E-state index contributed by atoms with van der Waals surface area (Å²) in [5.41, 5.74) is 5.29. The highest BCUT2D eigenvalue weighted by Crippen LogP contribution is 2.41. The topological polar surface area (TPSA) is 29.3 Å². The Morgan fingerprint density at radius 2 is 2.11 bits per heavy atom. The van der Waals surface area contributed by atoms with Gasteiger partial charge in [-0.05, 0) is 44.0 Å². The van der Waals surface area contributed by atoms with Crippen molar-refractivity contribution >= 4 is 21.6 Å². The van der Waals surface area contributed by atoms with Crippen LogP contribution < -0.4 is 10.6 Å². The van der Waals surface area contributed by atoms with Gasteiger partial charge in [-0.3, -0.25) is 0 Å². The van der Waals surface area contributed by atoms with Gasteiger partial charge >= 0.3 is 6.18 Å². The molecule has 0 aromatic heterocycles. The third kappa shape index (κ3) is 3.05. The van der Waals surface area contributed by atoms with Crippen LogP contribution in [0.3, 0.4) is 0 Å². The highest BCUT2D eigenvalue weighted by molar-refractivity contribution is 9.10. The van der Waals surface area contributed by atoms with Crippen molar-refractivity contribution in [2.45, 2.75) is 25.6 Å². The third-order valence-electron chi connectivity index (χ3n) is 3.57. The molecule has 1 aliphatic rings. The van der Waals surface area contributed by atoms with Crippen molar-refractivity contribution in [3.05, 3.63) is 28.2 Å². The molecule has 1 heterocycles. The molecule has 1 aliphatic heterocycles. The maximum atomic E-state index is 13.1. The lowest BCUT2D eigenvalue weighted by Gasteiger charge is -2.27. The van der Waals surface area contributed by atoms with Gasteiger partial charge in [0, 0.05) is 17.1 Å². The van der Waals surface area contributed by atoms with Crippen molar-refractivity contribution in [2.75, 3.05) is 18.0 Å². The summed E-state index contributed by atoms with van der Waals surface area (Å²) < 4.78 is 39.9. The number of rotatable bonds is 2. The zero-order chi connectivity index (χ0) is 14.2. The Hall–Kier alpha value is -0.750. The van der Waals surface area contributed by atoms with Crippen LogP contribution in [-0.2, 0) is 6.18 Å². The fraction of sp³-hybridized carbons (Fsp3) is 0.538. The van der Waals surface area contributed by atoms with Crippen molar-refractivity contribution in [1.82, 2.24) is 0 Å². The molecule has 1 fully saturated rings. The fourth-order valence-electron chi connectivity index (χ4n) is 2.63. The summed E-state index contributed by atoms with van der Waals surface area (Å²) in [5.74, 6) is 0.259. The standard InChI is InChI=1S/C13H16BrF3N2/c1-8-4-9(6-18)7-19(8)12-5-10(14)2-3-11(12)13(15,16)17/h2-3,5,8-9H,4,6-7,18H2,1H3. The summed E-state index contributed by atoms with van der Waals surface area (Å²) in [6.45, 7) is 3.03. The van der Waals surface area contributed by atoms with E-state index in [0.717, 1.165) is 12.5 Å². The maximum Gasteiger partial charge on any atom is 0.418 e. The van der Waals surface area contributed by atoms with Crippen LogP contribution in [0.1, 0.15) is 18.9 Å². The van der Waals surface area contributed by atoms with Gasteiger partial charge in [-0.25, -0.2) is 0 Å². The molecule has 0 spiro atoms. The summed E-state index contributed by atoms with van der Waals surface area (Å²) in [7, 11) is 0. The highest BCUT2D eigenvalue weighted by Gasteiger charge is 2.38. The minimum atomic E-state index is -4.34. The van der Waals surface area contributed by atoms with Gasteiger partial charge in [0.05, 0.1) is 11.3 Å². The average molecular weight is 337 g/mol. The van der Waals surface area contributed by atoms with Crippen LogP contribution in [0.25, 0.3) is 0 Å². The second kappa shape index (κ2) is 5.32. The van der Waals surface area contributed by atoms with Crippen LogP contribution in [0.5, 0.6) is 0 Å². The number of nitrogens with two attached hydrogens (primary N) is 1. The van der Waals surface area contributed by atoms with E-state index in [1.165, 1.54) is 12.1 Å². The van der Waals surface area contributed by atoms with Crippen molar-refractivity contribution in [3.63, 3.8) is 0 Å². The first-order valence-corrected chi connectivity index (χ1v) is 6.95. The molecule has 1 aromatic carbocycles. The summed E-state index contributed by atoms with van der Waals surface area (Å²) in [6, 6.07) is 4.16. The third-order valence-corrected chi connectivity index (χ3v) is 4.06. The quantitative estimate of drug-likeness (QED) is 0.893. The number of benzene rings is 1. The number of nitrogens with zero attached hydrogens (tertiary/aromatic N) is 1. The van der Waals surface area contributed by atoms with Gasteiger partial charge in [0.1, 0.15) is 0 Å². The molecule has 0 saturated carbocycles. The van der Waals surface area contributed by atoms with Crippen LogP contribution in [0.2, 0.25) is 0 Å². The van der Waals surface area contributed by atoms with Crippen molar-refractivity contribution in [1.29, 1.82) is 0 Å². The Labute approximate surface area is 118 Å². The number of alkyl halides is 3. The normalized spacial score (nSPS) is 24.0. The van der Waals surface area contributed by atoms with Gasteiger partial charge in [0.2, 0.25) is 0 Å². The molecule has 2 atom stereocenters. The van der Waals surface area contributed by atoms with Gasteiger partial charge < -0.3 is 10.6 Å². The van der Waals surface area contributed by atoms with Gasteiger partial charge in [-0.2, -0.15) is 13.2 Å². The molecule has 2 rings (SSSR count). The Kier molecular flexibility index (Phi) is 4.11. The van der Waals surface area contributed by atoms with E-state index in [1.54, 1.807) is 0 Å². The zero-order valence-corrected chi connectivity index (χ0v) is 12.1. The monoisotopic (exact) mass is 336 g/mol. The molecule has 0 radical (unpaired) electrons. The molecule has 1 saturated heterocycles. The van der Waals surface area contributed by atoms with E-state index in [9.17, 15) is 13.2 Å². The fourth-order valence-corrected chi connectivity index (χ4v) is 2.98. The first-order chi connectivity index (χ1) is 8.82. The molecule has 0 aliphatic carbocycles. The number of hydrogen-bond acceptors (Lipinski definition) is 2. The van der Waals surface area contributed by atoms with E-state index >= 15 is 0 Å². The Morgan fingerprint density at radius 1 is 1.42 bits per heavy atom. The van der Waals surface area contributed by atoms with E-state index in [0.29, 0.717) is 17.6 Å². The largest absolute Gasteiger partial charge is 0.418 e. The van der Waals surface area contributed by atoms with Crippen LogP contribution in [-0.4, -0.2) is 19.1 Å². The highest BCUT2D eigenvalue weighted by atomic mass is 79.9. The summed E-state index contributed by atoms with van der Waals surface area (Å²) in [6.07, 6.45) is -3.50. The predicted octanol–water partition coefficient (Wildman–Crippen LogP) is 3.64. The van der Waals surface area contributed by atoms with Crippen LogP contribution in [0, 0.1) is 5.92 Å². The van der Waals surface area contributed by atoms with E-state index < -0.39 is 11.7 Å². The minimum Gasteiger partial charge on any atom is -0.368 e. The molecule has 2 unspecified atom stereocenters. The van der Waals surface area contributed by atoms with E-state index in [1.807, 2.05) is 11.8 Å². The Morgan fingerprint density at radius 3 is 2.63 bits per heavy atom. The second-order valence-electron chi connectivity index (χ2n) is 5.00. The zero-order valence-electron chi connectivity index (χ0n) is 10.5. The van der Waals surface area contributed by atoms with E-state index in [-0.39, 0.29) is 17.6 Å². The Bertz CT molecular complexity index is 462. The van der Waals surface area contributed by atoms with Crippen LogP contribution in [0.15, 0.2) is 22.7 Å². The molecule has 0 amide bonds. The Balaban J connectivity index is 2.41. The molecule has 106 valence electrons. The number of anilines is 1. The molecular formula is C13H16BrF3N2. The molecule has 19 heavy (non-hydrogen) atoms. The van der Waals surface area contributed by atoms with Gasteiger partial charge in [-0.1, -0.05) is 15.9 Å². The van der Waals surface area contributed by atoms with Gasteiger partial charge in [-0.15, -0.1) is 0 Å². The molecule has 0 bridgehead atoms. The van der Waals surface area contributed by atoms with Crippen molar-refractivity contribution < 1.29 is 13.2 Å². The summed E-state index contributed by atoms with van der Waals surface area (Å²) in [4.78, 5) is 1.81. The van der Waals surface area contributed by atoms with Gasteiger partial charge in [0.15, 0.2) is 0 Å². The first-order valence-electron chi connectivity index (χ1n) is 6.16. The lowest BCUT2D eigenvalue weighted by atomic mass is 10.1. The molecule has 2 nitrogen and oxygen atoms in total. The SMILES string of the molecule is CC1CC(CN)CN1c1cc(Br)ccc1C(F)(F)F. The molecule has 2 N–H and O–H groups in total. The van der Waals surface area contributed by atoms with Crippen molar-refractivity contribution in [3.8, 4) is 0 Å². The minimum absolute atomic E-state index is 0.0731. The molecule has 1 aromatic rings. The predicted molar refractivity (Wildman–Crippen MR) is 73.1 cm³/mol. The smallest absolute Gasteiger partial charge is 0.368 e. The summed E-state index contributed by atoms with van der Waals surface area (Å²) >= 11 is 3.24.